The summed E-state index contributed by atoms with van der Waals surface area (Å²) in [6, 6.07) is 8.34. The molecule has 0 fully saturated rings. The third-order valence-electron chi connectivity index (χ3n) is 1.63. The molecule has 0 aliphatic heterocycles. The number of benzene rings is 1. The van der Waals surface area contributed by atoms with E-state index in [2.05, 4.69) is 35.8 Å². The Morgan fingerprint density at radius 1 is 1.30 bits per heavy atom. The predicted octanol–water partition coefficient (Wildman–Crippen LogP) is 2.76. The van der Waals surface area contributed by atoms with Crippen molar-refractivity contribution in [1.82, 2.24) is 4.98 Å². The van der Waals surface area contributed by atoms with Gasteiger partial charge in [-0.2, -0.15) is 0 Å². The molecule has 0 saturated heterocycles. The van der Waals surface area contributed by atoms with E-state index in [-0.39, 0.29) is 7.53 Å². The van der Waals surface area contributed by atoms with E-state index in [9.17, 15) is 0 Å². The molecule has 2 heteroatoms. The van der Waals surface area contributed by atoms with E-state index in [1.807, 2.05) is 6.07 Å². The van der Waals surface area contributed by atoms with Crippen molar-refractivity contribution in [2.75, 3.05) is 0 Å². The molecule has 0 radical (unpaired) electrons. The summed E-state index contributed by atoms with van der Waals surface area (Å²) >= 11 is 0. The molecule has 0 amide bonds. The zero-order valence-corrected chi connectivity index (χ0v) is 6.68. The first kappa shape index (κ1) is 5.94. The fraction of sp³-hybridized carbons (Fsp3) is 0.125. The highest BCUT2D eigenvalue weighted by Gasteiger charge is 1.95. The van der Waals surface area contributed by atoms with Crippen LogP contribution in [0.2, 0.25) is 0 Å². The van der Waals surface area contributed by atoms with Crippen LogP contribution in [0.3, 0.4) is 0 Å². The second-order valence-electron chi connectivity index (χ2n) is 2.34. The summed E-state index contributed by atoms with van der Waals surface area (Å²) in [5.74, 6) is 2.06. The van der Waals surface area contributed by atoms with Crippen LogP contribution in [0.1, 0.15) is 0 Å². The minimum absolute atomic E-state index is 0.0725. The number of fused-ring (bicyclic) bond motifs is 1. The Morgan fingerprint density at radius 3 is 2.90 bits per heavy atom. The highest BCUT2D eigenvalue weighted by Crippen LogP contribution is 2.32. The third-order valence-corrected chi connectivity index (χ3v) is 3.23. The molecule has 1 aromatic heterocycles. The lowest BCUT2D eigenvalue weighted by atomic mass is 10.3. The van der Waals surface area contributed by atoms with Gasteiger partial charge in [-0.05, 0) is 18.8 Å². The molecule has 1 atom stereocenters. The molecule has 0 saturated carbocycles. The molecule has 0 spiro atoms. The monoisotopic (exact) mass is 149 g/mol. The molecule has 2 rings (SSSR count). The SMILES string of the molecule is Cp1cnc2ccccc21. The van der Waals surface area contributed by atoms with Gasteiger partial charge in [0.1, 0.15) is 0 Å². The number of aryl methyl sites for hydroxylation is 1. The summed E-state index contributed by atoms with van der Waals surface area (Å²) < 4.78 is 0. The summed E-state index contributed by atoms with van der Waals surface area (Å²) in [7, 11) is -0.0725. The first-order chi connectivity index (χ1) is 4.88. The Hall–Kier alpha value is -0.810. The zero-order valence-electron chi connectivity index (χ0n) is 5.78. The molecule has 0 N–H and O–H groups in total. The molecule has 0 aliphatic carbocycles. The zero-order chi connectivity index (χ0) is 6.97. The maximum absolute atomic E-state index is 4.28. The standard InChI is InChI=1S/C8H8NP/c1-10-6-9-7-4-2-3-5-8(7)10/h2-6H,1H3. The predicted molar refractivity (Wildman–Crippen MR) is 45.4 cm³/mol. The fourth-order valence-corrected chi connectivity index (χ4v) is 2.32. The lowest BCUT2D eigenvalue weighted by molar-refractivity contribution is 1.50. The van der Waals surface area contributed by atoms with Crippen LogP contribution >= 0.6 is 7.53 Å². The summed E-state index contributed by atoms with van der Waals surface area (Å²) in [6.07, 6.45) is 0. The molecule has 2 aromatic rings. The number of rotatable bonds is 0. The number of hydrogen-bond acceptors (Lipinski definition) is 1. The highest BCUT2D eigenvalue weighted by molar-refractivity contribution is 7.53. The second kappa shape index (κ2) is 2.10. The largest absolute Gasteiger partial charge is 0.252 e. The van der Waals surface area contributed by atoms with Gasteiger partial charge in [0.2, 0.25) is 0 Å². The van der Waals surface area contributed by atoms with Gasteiger partial charge in [-0.15, -0.1) is 0 Å². The van der Waals surface area contributed by atoms with Crippen LogP contribution < -0.4 is 0 Å². The molecule has 1 heterocycles. The molecular formula is C8H8NP. The van der Waals surface area contributed by atoms with Gasteiger partial charge in [0.05, 0.1) is 5.52 Å². The lowest BCUT2D eigenvalue weighted by Crippen LogP contribution is -1.61. The van der Waals surface area contributed by atoms with Gasteiger partial charge >= 0.3 is 0 Å². The quantitative estimate of drug-likeness (QED) is 0.561. The van der Waals surface area contributed by atoms with Gasteiger partial charge in [-0.1, -0.05) is 19.7 Å². The Morgan fingerprint density at radius 2 is 2.10 bits per heavy atom. The molecule has 10 heavy (non-hydrogen) atoms. The van der Waals surface area contributed by atoms with Gasteiger partial charge in [0, 0.05) is 11.0 Å². The van der Waals surface area contributed by atoms with Crippen LogP contribution in [-0.2, 0) is 6.66 Å². The highest BCUT2D eigenvalue weighted by atomic mass is 31.1. The van der Waals surface area contributed by atoms with Crippen molar-refractivity contribution in [3.05, 3.63) is 30.2 Å². The van der Waals surface area contributed by atoms with Crippen molar-refractivity contribution >= 4 is 18.2 Å². The number of hydrogen-bond donors (Lipinski definition) is 0. The maximum Gasteiger partial charge on any atom is 0.0745 e. The van der Waals surface area contributed by atoms with Crippen LogP contribution in [0, 0.1) is 0 Å². The van der Waals surface area contributed by atoms with Crippen LogP contribution in [0.4, 0.5) is 0 Å². The van der Waals surface area contributed by atoms with Crippen molar-refractivity contribution in [3.63, 3.8) is 0 Å². The van der Waals surface area contributed by atoms with E-state index in [4.69, 9.17) is 0 Å². The van der Waals surface area contributed by atoms with E-state index in [1.54, 1.807) is 0 Å². The van der Waals surface area contributed by atoms with E-state index in [0.29, 0.717) is 0 Å². The third kappa shape index (κ3) is 0.748. The number of para-hydroxylation sites is 1. The van der Waals surface area contributed by atoms with Crippen LogP contribution in [0.5, 0.6) is 0 Å². The van der Waals surface area contributed by atoms with E-state index < -0.39 is 0 Å². The number of aromatic nitrogens is 1. The maximum atomic E-state index is 4.28. The first-order valence-corrected chi connectivity index (χ1v) is 5.10. The Kier molecular flexibility index (Phi) is 1.25. The average molecular weight is 149 g/mol. The molecule has 1 unspecified atom stereocenters. The molecular weight excluding hydrogens is 141 g/mol. The first-order valence-electron chi connectivity index (χ1n) is 3.24. The summed E-state index contributed by atoms with van der Waals surface area (Å²) in [5, 5.41) is 1.41. The van der Waals surface area contributed by atoms with Gasteiger partial charge in [0.25, 0.3) is 0 Å². The van der Waals surface area contributed by atoms with E-state index in [0.717, 1.165) is 5.52 Å². The lowest BCUT2D eigenvalue weighted by Gasteiger charge is -1.86. The Bertz CT molecular complexity index is 351. The Balaban J connectivity index is 2.93. The smallest absolute Gasteiger partial charge is 0.0745 e. The van der Waals surface area contributed by atoms with Gasteiger partial charge in [0.15, 0.2) is 0 Å². The van der Waals surface area contributed by atoms with E-state index in [1.165, 1.54) is 5.12 Å². The summed E-state index contributed by atoms with van der Waals surface area (Å²) in [4.78, 5) is 4.28. The minimum atomic E-state index is -0.0725. The summed E-state index contributed by atoms with van der Waals surface area (Å²) in [5.41, 5.74) is 1.16. The molecule has 50 valence electrons. The van der Waals surface area contributed by atoms with Gasteiger partial charge < -0.3 is 0 Å². The van der Waals surface area contributed by atoms with Crippen molar-refractivity contribution in [2.24, 2.45) is 6.66 Å². The van der Waals surface area contributed by atoms with Crippen molar-refractivity contribution < 1.29 is 0 Å². The number of nitrogens with zero attached hydrogens (tertiary/aromatic N) is 1. The van der Waals surface area contributed by atoms with Crippen LogP contribution in [0.15, 0.2) is 30.2 Å². The Labute approximate surface area is 60.8 Å². The molecule has 1 aromatic carbocycles. The van der Waals surface area contributed by atoms with Crippen molar-refractivity contribution in [2.45, 2.75) is 0 Å². The molecule has 0 bridgehead atoms. The topological polar surface area (TPSA) is 12.9 Å². The van der Waals surface area contributed by atoms with Crippen LogP contribution in [0.25, 0.3) is 10.6 Å². The van der Waals surface area contributed by atoms with Crippen molar-refractivity contribution in [3.8, 4) is 0 Å². The van der Waals surface area contributed by atoms with Gasteiger partial charge in [-0.25, -0.2) is 0 Å². The van der Waals surface area contributed by atoms with Crippen LogP contribution in [-0.4, -0.2) is 4.98 Å². The normalized spacial score (nSPS) is 12.3. The molecule has 1 nitrogen and oxygen atoms in total. The van der Waals surface area contributed by atoms with Gasteiger partial charge in [-0.3, -0.25) is 4.98 Å². The van der Waals surface area contributed by atoms with Crippen molar-refractivity contribution in [1.29, 1.82) is 0 Å². The summed E-state index contributed by atoms with van der Waals surface area (Å²) in [6.45, 7) is 2.23. The van der Waals surface area contributed by atoms with E-state index >= 15 is 0 Å². The average Bonchev–Trinajstić information content (AvgIpc) is 2.34. The fourth-order valence-electron chi connectivity index (χ4n) is 1.08. The second-order valence-corrected chi connectivity index (χ2v) is 4.28. The molecule has 0 aliphatic rings. The minimum Gasteiger partial charge on any atom is -0.252 e.